The van der Waals surface area contributed by atoms with Gasteiger partial charge in [-0.1, -0.05) is 130 Å². The molecule has 172 valence electrons. The molecule has 1 rings (SSSR count). The molecule has 0 aliphatic heterocycles. The van der Waals surface area contributed by atoms with E-state index in [4.69, 9.17) is 4.74 Å². The van der Waals surface area contributed by atoms with Crippen molar-refractivity contribution in [2.45, 2.75) is 136 Å². The zero-order valence-electron chi connectivity index (χ0n) is 20.4. The number of carbonyl (C=O) groups is 1. The van der Waals surface area contributed by atoms with Crippen LogP contribution in [0, 0.1) is 0 Å². The summed E-state index contributed by atoms with van der Waals surface area (Å²) >= 11 is 0. The van der Waals surface area contributed by atoms with Crippen LogP contribution in [0.15, 0.2) is 24.3 Å². The van der Waals surface area contributed by atoms with Gasteiger partial charge in [0.2, 0.25) is 0 Å². The molecule has 0 N–H and O–H groups in total. The lowest BCUT2D eigenvalue weighted by molar-refractivity contribution is -0.134. The summed E-state index contributed by atoms with van der Waals surface area (Å²) in [6.45, 7) is 8.83. The molecule has 0 atom stereocenters. The van der Waals surface area contributed by atoms with Gasteiger partial charge in [0.05, 0.1) is 0 Å². The fraction of sp³-hybridized carbons (Fsp3) is 0.750. The molecular formula is C28H48O2. The van der Waals surface area contributed by atoms with Gasteiger partial charge in [0.1, 0.15) is 5.75 Å². The molecule has 0 amide bonds. The second-order valence-electron chi connectivity index (χ2n) is 9.95. The average Bonchev–Trinajstić information content (AvgIpc) is 2.70. The SMILES string of the molecule is CCCCCCCCCCCCCCCCCC(=O)Oc1ccc(C(C)(C)C)cc1. The molecule has 0 aromatic heterocycles. The highest BCUT2D eigenvalue weighted by Gasteiger charge is 2.13. The highest BCUT2D eigenvalue weighted by molar-refractivity contribution is 5.72. The molecule has 0 aliphatic carbocycles. The second kappa shape index (κ2) is 16.4. The van der Waals surface area contributed by atoms with E-state index < -0.39 is 0 Å². The van der Waals surface area contributed by atoms with Gasteiger partial charge in [-0.3, -0.25) is 4.79 Å². The molecule has 0 heterocycles. The van der Waals surface area contributed by atoms with E-state index in [-0.39, 0.29) is 11.4 Å². The van der Waals surface area contributed by atoms with E-state index in [1.807, 2.05) is 12.1 Å². The Morgan fingerprint density at radius 3 is 1.47 bits per heavy atom. The van der Waals surface area contributed by atoms with Gasteiger partial charge in [-0.2, -0.15) is 0 Å². The highest BCUT2D eigenvalue weighted by atomic mass is 16.5. The first kappa shape index (κ1) is 26.7. The van der Waals surface area contributed by atoms with Crippen molar-refractivity contribution in [1.82, 2.24) is 0 Å². The Bertz CT molecular complexity index is 539. The zero-order chi connectivity index (χ0) is 22.1. The maximum absolute atomic E-state index is 12.0. The fourth-order valence-electron chi connectivity index (χ4n) is 3.85. The standard InChI is InChI=1S/C28H48O2/c1-5-6-7-8-9-10-11-12-13-14-15-16-17-18-19-20-27(29)30-26-23-21-25(22-24-26)28(2,3)4/h21-24H,5-20H2,1-4H3. The molecule has 0 spiro atoms. The van der Waals surface area contributed by atoms with Crippen molar-refractivity contribution in [2.75, 3.05) is 0 Å². The van der Waals surface area contributed by atoms with Crippen molar-refractivity contribution >= 4 is 5.97 Å². The Balaban J connectivity index is 1.91. The predicted octanol–water partition coefficient (Wildman–Crippen LogP) is 9.15. The average molecular weight is 417 g/mol. The van der Waals surface area contributed by atoms with Crippen LogP contribution in [-0.2, 0) is 10.2 Å². The Morgan fingerprint density at radius 1 is 0.667 bits per heavy atom. The lowest BCUT2D eigenvalue weighted by atomic mass is 9.87. The van der Waals surface area contributed by atoms with Crippen LogP contribution in [-0.4, -0.2) is 5.97 Å². The molecule has 0 saturated carbocycles. The van der Waals surface area contributed by atoms with Gasteiger partial charge < -0.3 is 4.74 Å². The van der Waals surface area contributed by atoms with Gasteiger partial charge in [-0.25, -0.2) is 0 Å². The number of hydrogen-bond donors (Lipinski definition) is 0. The summed E-state index contributed by atoms with van der Waals surface area (Å²) < 4.78 is 5.46. The zero-order valence-corrected chi connectivity index (χ0v) is 20.4. The lowest BCUT2D eigenvalue weighted by Crippen LogP contribution is -2.11. The molecule has 30 heavy (non-hydrogen) atoms. The lowest BCUT2D eigenvalue weighted by Gasteiger charge is -2.18. The van der Waals surface area contributed by atoms with Crippen LogP contribution in [0.4, 0.5) is 0 Å². The van der Waals surface area contributed by atoms with E-state index in [0.29, 0.717) is 12.2 Å². The first-order valence-electron chi connectivity index (χ1n) is 12.7. The van der Waals surface area contributed by atoms with E-state index in [9.17, 15) is 4.79 Å². The quantitative estimate of drug-likeness (QED) is 0.144. The van der Waals surface area contributed by atoms with Crippen LogP contribution < -0.4 is 4.74 Å². The van der Waals surface area contributed by atoms with Crippen molar-refractivity contribution in [2.24, 2.45) is 0 Å². The molecule has 0 fully saturated rings. The minimum atomic E-state index is -0.104. The monoisotopic (exact) mass is 416 g/mol. The third-order valence-electron chi connectivity index (χ3n) is 5.94. The third-order valence-corrected chi connectivity index (χ3v) is 5.94. The number of carbonyl (C=O) groups excluding carboxylic acids is 1. The second-order valence-corrected chi connectivity index (χ2v) is 9.95. The number of benzene rings is 1. The topological polar surface area (TPSA) is 26.3 Å². The summed E-state index contributed by atoms with van der Waals surface area (Å²) in [7, 11) is 0. The molecule has 0 saturated heterocycles. The highest BCUT2D eigenvalue weighted by Crippen LogP contribution is 2.24. The molecule has 2 nitrogen and oxygen atoms in total. The molecule has 1 aromatic rings. The van der Waals surface area contributed by atoms with E-state index in [2.05, 4.69) is 39.8 Å². The molecule has 2 heteroatoms. The van der Waals surface area contributed by atoms with Crippen molar-refractivity contribution in [3.8, 4) is 5.75 Å². The maximum atomic E-state index is 12.0. The normalized spacial score (nSPS) is 11.6. The van der Waals surface area contributed by atoms with Crippen LogP contribution in [0.1, 0.15) is 136 Å². The fourth-order valence-corrected chi connectivity index (χ4v) is 3.85. The number of rotatable bonds is 17. The Morgan fingerprint density at radius 2 is 1.07 bits per heavy atom. The minimum Gasteiger partial charge on any atom is -0.427 e. The summed E-state index contributed by atoms with van der Waals surface area (Å²) in [4.78, 5) is 12.0. The molecular weight excluding hydrogens is 368 g/mol. The largest absolute Gasteiger partial charge is 0.427 e. The van der Waals surface area contributed by atoms with Gasteiger partial charge in [-0.05, 0) is 29.5 Å². The first-order chi connectivity index (χ1) is 14.4. The van der Waals surface area contributed by atoms with Gasteiger partial charge in [0.25, 0.3) is 0 Å². The Labute approximate surface area is 187 Å². The summed E-state index contributed by atoms with van der Waals surface area (Å²) in [5.41, 5.74) is 1.38. The molecule has 0 unspecified atom stereocenters. The Kier molecular flexibility index (Phi) is 14.6. The molecule has 0 radical (unpaired) electrons. The van der Waals surface area contributed by atoms with E-state index in [0.717, 1.165) is 12.8 Å². The minimum absolute atomic E-state index is 0.104. The smallest absolute Gasteiger partial charge is 0.311 e. The van der Waals surface area contributed by atoms with E-state index >= 15 is 0 Å². The van der Waals surface area contributed by atoms with Crippen molar-refractivity contribution in [3.05, 3.63) is 29.8 Å². The van der Waals surface area contributed by atoms with Crippen molar-refractivity contribution in [3.63, 3.8) is 0 Å². The summed E-state index contributed by atoms with van der Waals surface area (Å²) in [6.07, 6.45) is 20.6. The van der Waals surface area contributed by atoms with E-state index in [1.54, 1.807) is 0 Å². The number of hydrogen-bond acceptors (Lipinski definition) is 2. The van der Waals surface area contributed by atoms with Crippen LogP contribution >= 0.6 is 0 Å². The van der Waals surface area contributed by atoms with Crippen molar-refractivity contribution < 1.29 is 9.53 Å². The Hall–Kier alpha value is -1.31. The van der Waals surface area contributed by atoms with Crippen molar-refractivity contribution in [1.29, 1.82) is 0 Å². The molecule has 0 bridgehead atoms. The summed E-state index contributed by atoms with van der Waals surface area (Å²) in [5.74, 6) is 0.558. The van der Waals surface area contributed by atoms with Crippen LogP contribution in [0.25, 0.3) is 0 Å². The summed E-state index contributed by atoms with van der Waals surface area (Å²) in [6, 6.07) is 7.92. The number of ether oxygens (including phenoxy) is 1. The number of unbranched alkanes of at least 4 members (excludes halogenated alkanes) is 14. The summed E-state index contributed by atoms with van der Waals surface area (Å²) in [5, 5.41) is 0. The third kappa shape index (κ3) is 13.8. The molecule has 0 aliphatic rings. The van der Waals surface area contributed by atoms with Crippen LogP contribution in [0.5, 0.6) is 5.75 Å². The van der Waals surface area contributed by atoms with E-state index in [1.165, 1.54) is 89.0 Å². The van der Waals surface area contributed by atoms with Gasteiger partial charge in [-0.15, -0.1) is 0 Å². The first-order valence-corrected chi connectivity index (χ1v) is 12.7. The van der Waals surface area contributed by atoms with Gasteiger partial charge in [0, 0.05) is 6.42 Å². The van der Waals surface area contributed by atoms with Gasteiger partial charge >= 0.3 is 5.97 Å². The maximum Gasteiger partial charge on any atom is 0.311 e. The number of esters is 1. The molecule has 1 aromatic carbocycles. The van der Waals surface area contributed by atoms with Crippen LogP contribution in [0.2, 0.25) is 0 Å². The van der Waals surface area contributed by atoms with Gasteiger partial charge in [0.15, 0.2) is 0 Å². The predicted molar refractivity (Wildman–Crippen MR) is 130 cm³/mol. The van der Waals surface area contributed by atoms with Crippen LogP contribution in [0.3, 0.4) is 0 Å².